The molecule has 2 aliphatic rings. The Morgan fingerprint density at radius 2 is 2.11 bits per heavy atom. The van der Waals surface area contributed by atoms with Crippen LogP contribution in [0, 0.1) is 6.92 Å². The molecule has 0 saturated carbocycles. The Morgan fingerprint density at radius 3 is 2.86 bits per heavy atom. The van der Waals surface area contributed by atoms with Crippen molar-refractivity contribution in [3.8, 4) is 0 Å². The first kappa shape index (κ1) is 17.9. The monoisotopic (exact) mass is 411 g/mol. The second kappa shape index (κ2) is 7.01. The first-order valence-electron chi connectivity index (χ1n) is 9.61. The minimum absolute atomic E-state index is 0.406. The number of thiazole rings is 1. The summed E-state index contributed by atoms with van der Waals surface area (Å²) in [6.45, 7) is 3.60. The van der Waals surface area contributed by atoms with Gasteiger partial charge in [-0.15, -0.1) is 21.5 Å². The molecule has 0 bridgehead atoms. The fourth-order valence-corrected chi connectivity index (χ4v) is 5.05. The van der Waals surface area contributed by atoms with E-state index in [-0.39, 0.29) is 0 Å². The second-order valence-corrected chi connectivity index (χ2v) is 9.14. The van der Waals surface area contributed by atoms with Gasteiger partial charge in [0.15, 0.2) is 5.82 Å². The molecular weight excluding hydrogens is 390 g/mol. The quantitative estimate of drug-likeness (QED) is 0.592. The van der Waals surface area contributed by atoms with Crippen molar-refractivity contribution < 1.29 is 0 Å². The van der Waals surface area contributed by atoms with Crippen molar-refractivity contribution in [3.63, 3.8) is 0 Å². The molecule has 144 valence electrons. The summed E-state index contributed by atoms with van der Waals surface area (Å²) in [7, 11) is 2.09. The number of halogens is 1. The van der Waals surface area contributed by atoms with Gasteiger partial charge in [0, 0.05) is 29.1 Å². The van der Waals surface area contributed by atoms with Crippen LogP contribution in [0.2, 0.25) is 5.02 Å². The van der Waals surface area contributed by atoms with E-state index >= 15 is 0 Å². The van der Waals surface area contributed by atoms with Crippen LogP contribution in [0.5, 0.6) is 0 Å². The number of aryl methyl sites for hydroxylation is 1. The molecule has 2 aromatic heterocycles. The van der Waals surface area contributed by atoms with Gasteiger partial charge in [0.2, 0.25) is 0 Å². The first-order chi connectivity index (χ1) is 13.6. The Kier molecular flexibility index (Phi) is 4.48. The highest BCUT2D eigenvalue weighted by molar-refractivity contribution is 7.09. The van der Waals surface area contributed by atoms with Crippen molar-refractivity contribution in [1.29, 1.82) is 0 Å². The lowest BCUT2D eigenvalue weighted by atomic mass is 9.88. The standard InChI is InChI=1S/C21H22ClN5S/c1-13-23-18(12-28-13)14-3-5-15(6-4-14)21-25-24-20-11-26(2)19-9-17(22)8-7-16(19)10-27(20)21/h3,7-9,12,15H,4-6,10-11H2,1-2H3/t15-/m1/s1. The summed E-state index contributed by atoms with van der Waals surface area (Å²) in [5.41, 5.74) is 4.95. The molecule has 0 fully saturated rings. The molecule has 1 aromatic carbocycles. The fraction of sp³-hybridized carbons (Fsp3) is 0.381. The Bertz CT molecular complexity index is 1070. The number of hydrogen-bond donors (Lipinski definition) is 0. The first-order valence-corrected chi connectivity index (χ1v) is 10.9. The molecule has 28 heavy (non-hydrogen) atoms. The van der Waals surface area contributed by atoms with Crippen molar-refractivity contribution >= 4 is 34.2 Å². The van der Waals surface area contributed by atoms with Crippen LogP contribution < -0.4 is 4.90 Å². The summed E-state index contributed by atoms with van der Waals surface area (Å²) in [5.74, 6) is 2.54. The molecule has 3 aromatic rings. The van der Waals surface area contributed by atoms with Gasteiger partial charge in [0.25, 0.3) is 0 Å². The number of allylic oxidation sites excluding steroid dienone is 2. The van der Waals surface area contributed by atoms with Crippen LogP contribution in [0.25, 0.3) is 5.57 Å². The van der Waals surface area contributed by atoms with Crippen LogP contribution in [0.3, 0.4) is 0 Å². The van der Waals surface area contributed by atoms with E-state index in [2.05, 4.69) is 56.1 Å². The van der Waals surface area contributed by atoms with E-state index in [1.807, 2.05) is 12.1 Å². The molecule has 0 spiro atoms. The van der Waals surface area contributed by atoms with E-state index in [0.29, 0.717) is 5.92 Å². The minimum atomic E-state index is 0.406. The highest BCUT2D eigenvalue weighted by Crippen LogP contribution is 2.37. The largest absolute Gasteiger partial charge is 0.367 e. The molecular formula is C21H22ClN5S. The van der Waals surface area contributed by atoms with Gasteiger partial charge in [-0.25, -0.2) is 4.98 Å². The summed E-state index contributed by atoms with van der Waals surface area (Å²) in [4.78, 5) is 6.86. The zero-order valence-corrected chi connectivity index (χ0v) is 17.6. The predicted octanol–water partition coefficient (Wildman–Crippen LogP) is 5.05. The molecule has 3 heterocycles. The number of benzene rings is 1. The second-order valence-electron chi connectivity index (χ2n) is 7.64. The van der Waals surface area contributed by atoms with Gasteiger partial charge in [-0.2, -0.15) is 0 Å². The van der Waals surface area contributed by atoms with Crippen molar-refractivity contribution in [2.75, 3.05) is 11.9 Å². The third-order valence-electron chi connectivity index (χ3n) is 5.75. The maximum Gasteiger partial charge on any atom is 0.152 e. The molecule has 0 amide bonds. The number of anilines is 1. The molecule has 7 heteroatoms. The van der Waals surface area contributed by atoms with Crippen LogP contribution in [-0.2, 0) is 13.1 Å². The van der Waals surface area contributed by atoms with Gasteiger partial charge in [0.1, 0.15) is 5.82 Å². The maximum atomic E-state index is 6.23. The van der Waals surface area contributed by atoms with E-state index in [4.69, 9.17) is 11.6 Å². The topological polar surface area (TPSA) is 46.8 Å². The maximum absolute atomic E-state index is 6.23. The highest BCUT2D eigenvalue weighted by Gasteiger charge is 2.27. The molecule has 5 nitrogen and oxygen atoms in total. The number of nitrogens with zero attached hydrogens (tertiary/aromatic N) is 5. The Hall–Kier alpha value is -2.18. The molecule has 5 rings (SSSR count). The lowest BCUT2D eigenvalue weighted by Crippen LogP contribution is -2.17. The summed E-state index contributed by atoms with van der Waals surface area (Å²) >= 11 is 7.95. The Morgan fingerprint density at radius 1 is 1.21 bits per heavy atom. The fourth-order valence-electron chi connectivity index (χ4n) is 4.25. The lowest BCUT2D eigenvalue weighted by molar-refractivity contribution is 0.550. The average Bonchev–Trinajstić information content (AvgIpc) is 3.27. The normalized spacial score (nSPS) is 19.0. The van der Waals surface area contributed by atoms with Crippen LogP contribution in [0.1, 0.15) is 53.1 Å². The molecule has 0 unspecified atom stereocenters. The van der Waals surface area contributed by atoms with E-state index in [0.717, 1.165) is 59.7 Å². The molecule has 1 atom stereocenters. The lowest BCUT2D eigenvalue weighted by Gasteiger charge is -2.21. The van der Waals surface area contributed by atoms with Crippen LogP contribution in [-0.4, -0.2) is 26.8 Å². The van der Waals surface area contributed by atoms with Crippen LogP contribution in [0.4, 0.5) is 5.69 Å². The van der Waals surface area contributed by atoms with Crippen molar-refractivity contribution in [2.24, 2.45) is 0 Å². The summed E-state index contributed by atoms with van der Waals surface area (Å²) in [6, 6.07) is 6.13. The molecule has 1 aliphatic heterocycles. The summed E-state index contributed by atoms with van der Waals surface area (Å²) in [5, 5.41) is 13.2. The van der Waals surface area contributed by atoms with Crippen molar-refractivity contribution in [3.05, 3.63) is 62.6 Å². The highest BCUT2D eigenvalue weighted by atomic mass is 35.5. The van der Waals surface area contributed by atoms with Gasteiger partial charge < -0.3 is 9.47 Å². The molecule has 0 radical (unpaired) electrons. The molecule has 1 aliphatic carbocycles. The third kappa shape index (κ3) is 3.14. The smallest absolute Gasteiger partial charge is 0.152 e. The minimum Gasteiger partial charge on any atom is -0.367 e. The number of rotatable bonds is 2. The van der Waals surface area contributed by atoms with Gasteiger partial charge in [-0.1, -0.05) is 23.7 Å². The number of aromatic nitrogens is 4. The third-order valence-corrected chi connectivity index (χ3v) is 6.75. The van der Waals surface area contributed by atoms with Crippen LogP contribution >= 0.6 is 22.9 Å². The molecule has 0 N–H and O–H groups in total. The van der Waals surface area contributed by atoms with E-state index in [9.17, 15) is 0 Å². The zero-order valence-electron chi connectivity index (χ0n) is 16.0. The SMILES string of the molecule is Cc1nc(C2=CC[C@@H](c3nnc4n3Cc3ccc(Cl)cc3N(C)C4)CC2)cs1. The van der Waals surface area contributed by atoms with Crippen molar-refractivity contribution in [2.45, 2.75) is 45.2 Å². The van der Waals surface area contributed by atoms with E-state index in [1.165, 1.54) is 16.8 Å². The summed E-state index contributed by atoms with van der Waals surface area (Å²) < 4.78 is 2.31. The number of hydrogen-bond acceptors (Lipinski definition) is 5. The zero-order chi connectivity index (χ0) is 19.3. The van der Waals surface area contributed by atoms with Crippen LogP contribution in [0.15, 0.2) is 29.7 Å². The Balaban J connectivity index is 1.44. The van der Waals surface area contributed by atoms with Gasteiger partial charge in [-0.3, -0.25) is 0 Å². The van der Waals surface area contributed by atoms with Gasteiger partial charge >= 0.3 is 0 Å². The van der Waals surface area contributed by atoms with E-state index < -0.39 is 0 Å². The van der Waals surface area contributed by atoms with E-state index in [1.54, 1.807) is 11.3 Å². The predicted molar refractivity (Wildman–Crippen MR) is 114 cm³/mol. The summed E-state index contributed by atoms with van der Waals surface area (Å²) in [6.07, 6.45) is 5.47. The number of fused-ring (bicyclic) bond motifs is 2. The van der Waals surface area contributed by atoms with Gasteiger partial charge in [-0.05, 0) is 49.5 Å². The van der Waals surface area contributed by atoms with Gasteiger partial charge in [0.05, 0.1) is 23.8 Å². The average molecular weight is 412 g/mol. The molecule has 0 saturated heterocycles. The van der Waals surface area contributed by atoms with Crippen molar-refractivity contribution in [1.82, 2.24) is 19.7 Å². The Labute approximate surface area is 173 Å².